The van der Waals surface area contributed by atoms with E-state index in [1.165, 1.54) is 6.07 Å². The summed E-state index contributed by atoms with van der Waals surface area (Å²) in [7, 11) is 1.80. The maximum Gasteiger partial charge on any atom is 0.252 e. The molecular formula is C21H24N8O. The zero-order valence-electron chi connectivity index (χ0n) is 16.7. The van der Waals surface area contributed by atoms with E-state index in [-0.39, 0.29) is 23.2 Å². The number of H-pyrrole nitrogens is 1. The molecular weight excluding hydrogens is 380 g/mol. The van der Waals surface area contributed by atoms with Crippen molar-refractivity contribution in [2.75, 3.05) is 17.3 Å². The number of carbonyl (C=O) groups excluding carboxylic acids is 1. The number of pyridine rings is 1. The summed E-state index contributed by atoms with van der Waals surface area (Å²) in [5.41, 5.74) is 14.0. The first-order chi connectivity index (χ1) is 14.5. The van der Waals surface area contributed by atoms with Crippen LogP contribution < -0.4 is 21.7 Å². The summed E-state index contributed by atoms with van der Waals surface area (Å²) in [6.07, 6.45) is 5.72. The average molecular weight is 404 g/mol. The Morgan fingerprint density at radius 3 is 2.90 bits per heavy atom. The number of nitrogens with one attached hydrogen (secondary N) is 2. The third-order valence-corrected chi connectivity index (χ3v) is 5.67. The highest BCUT2D eigenvalue weighted by Gasteiger charge is 2.25. The van der Waals surface area contributed by atoms with Crippen LogP contribution in [-0.4, -0.2) is 40.2 Å². The molecule has 0 radical (unpaired) electrons. The van der Waals surface area contributed by atoms with Crippen LogP contribution in [0.2, 0.25) is 0 Å². The summed E-state index contributed by atoms with van der Waals surface area (Å²) in [6.45, 7) is 0. The molecule has 1 fully saturated rings. The van der Waals surface area contributed by atoms with E-state index in [0.717, 1.165) is 42.3 Å². The van der Waals surface area contributed by atoms with Gasteiger partial charge in [0, 0.05) is 24.5 Å². The van der Waals surface area contributed by atoms with E-state index in [0.29, 0.717) is 11.6 Å². The van der Waals surface area contributed by atoms with Crippen molar-refractivity contribution in [1.29, 1.82) is 5.26 Å². The van der Waals surface area contributed by atoms with Crippen molar-refractivity contribution in [3.05, 3.63) is 41.6 Å². The van der Waals surface area contributed by atoms with Crippen LogP contribution in [0.3, 0.4) is 0 Å². The summed E-state index contributed by atoms with van der Waals surface area (Å²) >= 11 is 0. The van der Waals surface area contributed by atoms with Gasteiger partial charge < -0.3 is 21.7 Å². The Kier molecular flexibility index (Phi) is 5.25. The molecule has 30 heavy (non-hydrogen) atoms. The molecule has 2 heterocycles. The Labute approximate surface area is 174 Å². The number of hydrogen-bond acceptors (Lipinski definition) is 7. The Morgan fingerprint density at radius 1 is 1.37 bits per heavy atom. The Balaban J connectivity index is 1.80. The fourth-order valence-corrected chi connectivity index (χ4v) is 4.01. The van der Waals surface area contributed by atoms with E-state index in [2.05, 4.69) is 26.6 Å². The molecule has 1 aromatic carbocycles. The van der Waals surface area contributed by atoms with Crippen molar-refractivity contribution in [3.8, 4) is 6.07 Å². The lowest BCUT2D eigenvalue weighted by atomic mass is 9.91. The number of amides is 1. The molecule has 1 amide bonds. The van der Waals surface area contributed by atoms with Gasteiger partial charge in [0.2, 0.25) is 0 Å². The number of benzene rings is 1. The SMILES string of the molecule is CN(c1nc(N[C@@H]2CCCC[C@@H]2N)c(C#N)cc1C(N)=O)c1cccc2[nH]ncc12. The summed E-state index contributed by atoms with van der Waals surface area (Å²) in [6, 6.07) is 9.34. The second-order valence-corrected chi connectivity index (χ2v) is 7.60. The maximum atomic E-state index is 12.2. The van der Waals surface area contributed by atoms with Gasteiger partial charge in [-0.15, -0.1) is 0 Å². The lowest BCUT2D eigenvalue weighted by molar-refractivity contribution is 0.100. The van der Waals surface area contributed by atoms with Gasteiger partial charge in [0.15, 0.2) is 0 Å². The highest BCUT2D eigenvalue weighted by Crippen LogP contribution is 2.33. The second kappa shape index (κ2) is 8.00. The van der Waals surface area contributed by atoms with E-state index < -0.39 is 5.91 Å². The fourth-order valence-electron chi connectivity index (χ4n) is 4.01. The lowest BCUT2D eigenvalue weighted by Gasteiger charge is -2.30. The molecule has 0 spiro atoms. The smallest absolute Gasteiger partial charge is 0.252 e. The molecule has 0 saturated heterocycles. The topological polar surface area (TPSA) is 150 Å². The molecule has 154 valence electrons. The van der Waals surface area contributed by atoms with Crippen molar-refractivity contribution in [1.82, 2.24) is 15.2 Å². The predicted octanol–water partition coefficient (Wildman–Crippen LogP) is 2.38. The summed E-state index contributed by atoms with van der Waals surface area (Å²) < 4.78 is 0. The van der Waals surface area contributed by atoms with E-state index in [1.807, 2.05) is 18.2 Å². The Morgan fingerprint density at radius 2 is 2.17 bits per heavy atom. The van der Waals surface area contributed by atoms with Gasteiger partial charge in [-0.3, -0.25) is 9.89 Å². The van der Waals surface area contributed by atoms with Crippen molar-refractivity contribution >= 4 is 34.1 Å². The zero-order valence-corrected chi connectivity index (χ0v) is 16.7. The first kappa shape index (κ1) is 19.7. The lowest BCUT2D eigenvalue weighted by Crippen LogP contribution is -2.43. The number of nitrogens with two attached hydrogens (primary N) is 2. The van der Waals surface area contributed by atoms with Gasteiger partial charge >= 0.3 is 0 Å². The van der Waals surface area contributed by atoms with Gasteiger partial charge in [-0.25, -0.2) is 4.98 Å². The van der Waals surface area contributed by atoms with Gasteiger partial charge in [0.05, 0.1) is 28.5 Å². The normalized spacial score (nSPS) is 18.7. The minimum atomic E-state index is -0.652. The monoisotopic (exact) mass is 404 g/mol. The van der Waals surface area contributed by atoms with E-state index in [4.69, 9.17) is 11.5 Å². The number of carbonyl (C=O) groups is 1. The van der Waals surface area contributed by atoms with Gasteiger partial charge in [0.25, 0.3) is 5.91 Å². The minimum Gasteiger partial charge on any atom is -0.365 e. The number of hydrogen-bond donors (Lipinski definition) is 4. The van der Waals surface area contributed by atoms with Gasteiger partial charge in [-0.2, -0.15) is 10.4 Å². The van der Waals surface area contributed by atoms with E-state index >= 15 is 0 Å². The largest absolute Gasteiger partial charge is 0.365 e. The molecule has 1 aliphatic carbocycles. The molecule has 6 N–H and O–H groups in total. The highest BCUT2D eigenvalue weighted by atomic mass is 16.1. The average Bonchev–Trinajstić information content (AvgIpc) is 3.23. The van der Waals surface area contributed by atoms with Crippen molar-refractivity contribution in [2.24, 2.45) is 11.5 Å². The quantitative estimate of drug-likeness (QED) is 0.510. The minimum absolute atomic E-state index is 0.0104. The molecule has 1 aliphatic rings. The molecule has 0 unspecified atom stereocenters. The molecule has 9 nitrogen and oxygen atoms in total. The number of nitrogens with zero attached hydrogens (tertiary/aromatic N) is 4. The van der Waals surface area contributed by atoms with Crippen LogP contribution in [0.1, 0.15) is 41.6 Å². The number of nitriles is 1. The summed E-state index contributed by atoms with van der Waals surface area (Å²) in [5.74, 6) is 0.120. The number of rotatable bonds is 5. The van der Waals surface area contributed by atoms with Crippen molar-refractivity contribution in [2.45, 2.75) is 37.8 Å². The van der Waals surface area contributed by atoms with Gasteiger partial charge in [-0.05, 0) is 31.0 Å². The van der Waals surface area contributed by atoms with Crippen molar-refractivity contribution in [3.63, 3.8) is 0 Å². The summed E-state index contributed by atoms with van der Waals surface area (Å²) in [5, 5.41) is 20.9. The summed E-state index contributed by atoms with van der Waals surface area (Å²) in [4.78, 5) is 18.6. The van der Waals surface area contributed by atoms with Crippen LogP contribution in [-0.2, 0) is 0 Å². The number of fused-ring (bicyclic) bond motifs is 1. The number of primary amides is 1. The molecule has 1 saturated carbocycles. The third kappa shape index (κ3) is 3.53. The molecule has 0 bridgehead atoms. The molecule has 4 rings (SSSR count). The third-order valence-electron chi connectivity index (χ3n) is 5.67. The zero-order chi connectivity index (χ0) is 21.3. The molecule has 9 heteroatoms. The molecule has 3 aromatic rings. The first-order valence-corrected chi connectivity index (χ1v) is 9.92. The molecule has 0 aliphatic heterocycles. The predicted molar refractivity (Wildman–Crippen MR) is 115 cm³/mol. The van der Waals surface area contributed by atoms with Crippen LogP contribution in [0.25, 0.3) is 10.9 Å². The van der Waals surface area contributed by atoms with Crippen LogP contribution >= 0.6 is 0 Å². The Hall–Kier alpha value is -3.64. The van der Waals surface area contributed by atoms with Gasteiger partial charge in [0.1, 0.15) is 17.7 Å². The number of anilines is 3. The fraction of sp³-hybridized carbons (Fsp3) is 0.333. The van der Waals surface area contributed by atoms with Crippen LogP contribution in [0.5, 0.6) is 0 Å². The van der Waals surface area contributed by atoms with Gasteiger partial charge in [-0.1, -0.05) is 18.9 Å². The first-order valence-electron chi connectivity index (χ1n) is 9.92. The number of aromatic nitrogens is 3. The van der Waals surface area contributed by atoms with E-state index in [9.17, 15) is 10.1 Å². The molecule has 2 atom stereocenters. The van der Waals surface area contributed by atoms with Crippen molar-refractivity contribution < 1.29 is 4.79 Å². The van der Waals surface area contributed by atoms with Crippen LogP contribution in [0, 0.1) is 11.3 Å². The standard InChI is InChI=1S/C21H24N8O/c1-29(18-8-4-7-16-14(18)11-25-28-16)21-13(19(24)30)9-12(10-22)20(27-21)26-17-6-3-2-5-15(17)23/h4,7-9,11,15,17H,2-3,5-6,23H2,1H3,(H2,24,30)(H,25,28)(H,26,27)/t15-,17+/m0/s1. The maximum absolute atomic E-state index is 12.2. The molecule has 2 aromatic heterocycles. The highest BCUT2D eigenvalue weighted by molar-refractivity contribution is 6.01. The Bertz CT molecular complexity index is 1130. The van der Waals surface area contributed by atoms with Crippen LogP contribution in [0.15, 0.2) is 30.5 Å². The van der Waals surface area contributed by atoms with Crippen LogP contribution in [0.4, 0.5) is 17.3 Å². The van der Waals surface area contributed by atoms with E-state index in [1.54, 1.807) is 18.1 Å². The second-order valence-electron chi connectivity index (χ2n) is 7.60. The number of aromatic amines is 1.